The molecule has 3 aromatic rings. The summed E-state index contributed by atoms with van der Waals surface area (Å²) in [5.41, 5.74) is 0.676. The van der Waals surface area contributed by atoms with Crippen LogP contribution in [0, 0.1) is 0 Å². The van der Waals surface area contributed by atoms with Crippen LogP contribution in [0.25, 0.3) is 11.3 Å². The Morgan fingerprint density at radius 1 is 1.09 bits per heavy atom. The summed E-state index contributed by atoms with van der Waals surface area (Å²) in [5, 5.41) is 0. The van der Waals surface area contributed by atoms with Gasteiger partial charge in [0.05, 0.1) is 23.1 Å². The Labute approximate surface area is 183 Å². The number of rotatable bonds is 5. The molecular formula is C24H22F3N3O2. The minimum atomic E-state index is -4.42. The van der Waals surface area contributed by atoms with E-state index in [2.05, 4.69) is 9.97 Å². The van der Waals surface area contributed by atoms with E-state index in [4.69, 9.17) is 4.74 Å². The van der Waals surface area contributed by atoms with Crippen molar-refractivity contribution in [2.24, 2.45) is 0 Å². The van der Waals surface area contributed by atoms with Crippen LogP contribution in [-0.2, 0) is 11.0 Å². The molecule has 1 unspecified atom stereocenters. The number of nitrogens with zero attached hydrogens (tertiary/aromatic N) is 3. The van der Waals surface area contributed by atoms with Gasteiger partial charge in [-0.1, -0.05) is 30.3 Å². The minimum absolute atomic E-state index is 0.0392. The molecule has 166 valence electrons. The van der Waals surface area contributed by atoms with E-state index in [1.165, 1.54) is 12.3 Å². The third-order valence-corrected chi connectivity index (χ3v) is 5.44. The predicted molar refractivity (Wildman–Crippen MR) is 113 cm³/mol. The number of ether oxygens (including phenoxy) is 1. The number of amides is 1. The number of para-hydroxylation sites is 1. The van der Waals surface area contributed by atoms with Crippen LogP contribution in [0.4, 0.5) is 13.2 Å². The van der Waals surface area contributed by atoms with Crippen molar-refractivity contribution >= 4 is 5.91 Å². The lowest BCUT2D eigenvalue weighted by Crippen LogP contribution is -2.41. The summed E-state index contributed by atoms with van der Waals surface area (Å²) in [6.07, 6.45) is 0.281. The van der Waals surface area contributed by atoms with Crippen LogP contribution < -0.4 is 4.74 Å². The maximum Gasteiger partial charge on any atom is 0.416 e. The molecule has 2 aromatic carbocycles. The van der Waals surface area contributed by atoms with Gasteiger partial charge in [-0.05, 0) is 37.1 Å². The third-order valence-electron chi connectivity index (χ3n) is 5.44. The van der Waals surface area contributed by atoms with Crippen LogP contribution in [0.5, 0.6) is 5.75 Å². The lowest BCUT2D eigenvalue weighted by molar-refractivity contribution is -0.137. The average Bonchev–Trinajstić information content (AvgIpc) is 2.83. The van der Waals surface area contributed by atoms with Crippen molar-refractivity contribution in [3.63, 3.8) is 0 Å². The quantitative estimate of drug-likeness (QED) is 0.562. The predicted octanol–water partition coefficient (Wildman–Crippen LogP) is 4.95. The lowest BCUT2D eigenvalue weighted by atomic mass is 9.94. The van der Waals surface area contributed by atoms with Gasteiger partial charge in [0.2, 0.25) is 0 Å². The molecule has 0 aliphatic carbocycles. The molecule has 0 saturated carbocycles. The van der Waals surface area contributed by atoms with Crippen molar-refractivity contribution in [1.29, 1.82) is 0 Å². The number of carbonyl (C=O) groups excluding carboxylic acids is 1. The second-order valence-electron chi connectivity index (χ2n) is 7.69. The van der Waals surface area contributed by atoms with Crippen LogP contribution in [-0.4, -0.2) is 40.5 Å². The number of piperidine rings is 1. The van der Waals surface area contributed by atoms with Gasteiger partial charge in [0, 0.05) is 30.8 Å². The summed E-state index contributed by atoms with van der Waals surface area (Å²) >= 11 is 0. The molecular weight excluding hydrogens is 419 g/mol. The highest BCUT2D eigenvalue weighted by atomic mass is 19.4. The zero-order valence-electron chi connectivity index (χ0n) is 17.3. The Hall–Kier alpha value is -3.42. The normalized spacial score (nSPS) is 16.6. The second kappa shape index (κ2) is 9.38. The first-order chi connectivity index (χ1) is 15.4. The molecule has 1 aliphatic rings. The molecule has 0 N–H and O–H groups in total. The van der Waals surface area contributed by atoms with E-state index in [0.717, 1.165) is 25.0 Å². The Morgan fingerprint density at radius 2 is 1.91 bits per heavy atom. The fourth-order valence-corrected chi connectivity index (χ4v) is 3.77. The number of carbonyl (C=O) groups is 1. The van der Waals surface area contributed by atoms with E-state index in [0.29, 0.717) is 35.8 Å². The van der Waals surface area contributed by atoms with Gasteiger partial charge < -0.3 is 9.64 Å². The number of aromatic nitrogens is 2. The Balaban J connectivity index is 1.45. The van der Waals surface area contributed by atoms with E-state index in [-0.39, 0.29) is 18.4 Å². The number of alkyl halides is 3. The zero-order valence-corrected chi connectivity index (χ0v) is 17.3. The average molecular weight is 441 g/mol. The van der Waals surface area contributed by atoms with Gasteiger partial charge in [0.15, 0.2) is 6.61 Å². The highest BCUT2D eigenvalue weighted by Crippen LogP contribution is 2.32. The maximum atomic E-state index is 13.1. The smallest absolute Gasteiger partial charge is 0.416 e. The van der Waals surface area contributed by atoms with Crippen molar-refractivity contribution in [3.05, 3.63) is 78.2 Å². The lowest BCUT2D eigenvalue weighted by Gasteiger charge is -2.32. The summed E-state index contributed by atoms with van der Waals surface area (Å²) in [7, 11) is 0. The molecule has 0 radical (unpaired) electrons. The van der Waals surface area contributed by atoms with Gasteiger partial charge in [0.1, 0.15) is 5.75 Å². The first kappa shape index (κ1) is 21.8. The minimum Gasteiger partial charge on any atom is -0.484 e. The number of benzene rings is 2. The van der Waals surface area contributed by atoms with Crippen LogP contribution in [0.3, 0.4) is 0 Å². The highest BCUT2D eigenvalue weighted by Gasteiger charge is 2.31. The molecule has 1 fully saturated rings. The summed E-state index contributed by atoms with van der Waals surface area (Å²) in [6, 6.07) is 14.2. The van der Waals surface area contributed by atoms with Gasteiger partial charge in [0.25, 0.3) is 5.91 Å². The summed E-state index contributed by atoms with van der Waals surface area (Å²) in [5.74, 6) is 0.484. The number of hydrogen-bond acceptors (Lipinski definition) is 4. The summed E-state index contributed by atoms with van der Waals surface area (Å²) in [4.78, 5) is 23.2. The fraction of sp³-hybridized carbons (Fsp3) is 0.292. The van der Waals surface area contributed by atoms with Gasteiger partial charge in [-0.25, -0.2) is 4.98 Å². The van der Waals surface area contributed by atoms with Crippen LogP contribution in [0.15, 0.2) is 67.0 Å². The van der Waals surface area contributed by atoms with Gasteiger partial charge in [-0.3, -0.25) is 9.78 Å². The van der Waals surface area contributed by atoms with Crippen LogP contribution in [0.1, 0.15) is 30.0 Å². The van der Waals surface area contributed by atoms with E-state index in [9.17, 15) is 18.0 Å². The molecule has 5 nitrogen and oxygen atoms in total. The van der Waals surface area contributed by atoms with Crippen LogP contribution in [0.2, 0.25) is 0 Å². The fourth-order valence-electron chi connectivity index (χ4n) is 3.77. The molecule has 4 rings (SSSR count). The molecule has 8 heteroatoms. The molecule has 0 bridgehead atoms. The molecule has 1 saturated heterocycles. The Bertz CT molecular complexity index is 1070. The van der Waals surface area contributed by atoms with E-state index in [1.807, 2.05) is 18.2 Å². The molecule has 1 aromatic heterocycles. The first-order valence-electron chi connectivity index (χ1n) is 10.4. The van der Waals surface area contributed by atoms with Gasteiger partial charge in [-0.15, -0.1) is 0 Å². The summed E-state index contributed by atoms with van der Waals surface area (Å²) < 4.78 is 44.7. The van der Waals surface area contributed by atoms with Crippen molar-refractivity contribution in [2.45, 2.75) is 24.9 Å². The molecule has 1 amide bonds. The van der Waals surface area contributed by atoms with E-state index in [1.54, 1.807) is 29.3 Å². The number of likely N-dealkylation sites (tertiary alicyclic amines) is 1. The van der Waals surface area contributed by atoms with E-state index >= 15 is 0 Å². The standard InChI is InChI=1S/C24H22F3N3O2/c25-24(26,27)19-8-4-6-17(12-19)21-13-28-14-22(29-21)18-7-5-11-30(15-18)23(31)16-32-20-9-2-1-3-10-20/h1-4,6,8-10,12-14,18H,5,7,11,15-16H2. The van der Waals surface area contributed by atoms with Crippen molar-refractivity contribution < 1.29 is 22.7 Å². The van der Waals surface area contributed by atoms with E-state index < -0.39 is 11.7 Å². The molecule has 1 atom stereocenters. The van der Waals surface area contributed by atoms with Gasteiger partial charge in [-0.2, -0.15) is 13.2 Å². The van der Waals surface area contributed by atoms with Crippen molar-refractivity contribution in [1.82, 2.24) is 14.9 Å². The molecule has 1 aliphatic heterocycles. The largest absolute Gasteiger partial charge is 0.484 e. The monoisotopic (exact) mass is 441 g/mol. The van der Waals surface area contributed by atoms with Crippen LogP contribution >= 0.6 is 0 Å². The molecule has 2 heterocycles. The topological polar surface area (TPSA) is 55.3 Å². The highest BCUT2D eigenvalue weighted by molar-refractivity contribution is 5.78. The SMILES string of the molecule is O=C(COc1ccccc1)N1CCCC(c2cncc(-c3cccc(C(F)(F)F)c3)n2)C1. The zero-order chi connectivity index (χ0) is 22.6. The first-order valence-corrected chi connectivity index (χ1v) is 10.4. The number of hydrogen-bond donors (Lipinski definition) is 0. The Morgan fingerprint density at radius 3 is 2.69 bits per heavy atom. The maximum absolute atomic E-state index is 13.1. The Kier molecular flexibility index (Phi) is 6.39. The third kappa shape index (κ3) is 5.25. The van der Waals surface area contributed by atoms with Crippen molar-refractivity contribution in [2.75, 3.05) is 19.7 Å². The van der Waals surface area contributed by atoms with Crippen molar-refractivity contribution in [3.8, 4) is 17.0 Å². The number of halogens is 3. The van der Waals surface area contributed by atoms with Gasteiger partial charge >= 0.3 is 6.18 Å². The molecule has 0 spiro atoms. The molecule has 32 heavy (non-hydrogen) atoms. The summed E-state index contributed by atoms with van der Waals surface area (Å²) in [6.45, 7) is 1.05. The second-order valence-corrected chi connectivity index (χ2v) is 7.69.